The number of anilines is 1. The highest BCUT2D eigenvalue weighted by molar-refractivity contribution is 5.95. The van der Waals surface area contributed by atoms with Gasteiger partial charge >= 0.3 is 12.1 Å². The minimum Gasteiger partial charge on any atom is -0.475 e. The third-order valence-corrected chi connectivity index (χ3v) is 4.95. The van der Waals surface area contributed by atoms with Gasteiger partial charge in [-0.2, -0.15) is 13.2 Å². The number of hydrogen-bond acceptors (Lipinski definition) is 6. The molecule has 0 bridgehead atoms. The summed E-state index contributed by atoms with van der Waals surface area (Å²) < 4.78 is 49.0. The second kappa shape index (κ2) is 10.2. The lowest BCUT2D eigenvalue weighted by molar-refractivity contribution is -0.192. The van der Waals surface area contributed by atoms with Gasteiger partial charge in [0.1, 0.15) is 18.0 Å². The van der Waals surface area contributed by atoms with Gasteiger partial charge in [0.25, 0.3) is 5.91 Å². The van der Waals surface area contributed by atoms with Crippen LogP contribution in [0, 0.1) is 0 Å². The molecule has 2 aromatic rings. The number of carbonyl (C=O) groups is 2. The van der Waals surface area contributed by atoms with Crippen molar-refractivity contribution in [1.82, 2.24) is 4.90 Å². The zero-order valence-corrected chi connectivity index (χ0v) is 17.1. The number of carbonyl (C=O) groups excluding carboxylic acids is 1. The van der Waals surface area contributed by atoms with E-state index in [1.54, 1.807) is 6.26 Å². The Morgan fingerprint density at radius 3 is 2.47 bits per heavy atom. The van der Waals surface area contributed by atoms with Gasteiger partial charge in [0, 0.05) is 18.8 Å². The van der Waals surface area contributed by atoms with Crippen molar-refractivity contribution in [3.8, 4) is 0 Å². The van der Waals surface area contributed by atoms with Crippen molar-refractivity contribution in [3.63, 3.8) is 0 Å². The van der Waals surface area contributed by atoms with Crippen LogP contribution in [0.2, 0.25) is 0 Å². The highest BCUT2D eigenvalue weighted by Gasteiger charge is 2.43. The lowest BCUT2D eigenvalue weighted by Crippen LogP contribution is -2.60. The summed E-state index contributed by atoms with van der Waals surface area (Å²) in [7, 11) is 0. The molecule has 4 rings (SSSR count). The van der Waals surface area contributed by atoms with E-state index < -0.39 is 17.7 Å². The van der Waals surface area contributed by atoms with Crippen molar-refractivity contribution in [2.75, 3.05) is 44.4 Å². The van der Waals surface area contributed by atoms with Gasteiger partial charge in [-0.1, -0.05) is 18.2 Å². The predicted octanol–water partition coefficient (Wildman–Crippen LogP) is 2.55. The molecule has 0 radical (unpaired) electrons. The molecule has 1 aromatic heterocycles. The number of nitrogens with zero attached hydrogens (tertiary/aromatic N) is 2. The Bertz CT molecular complexity index is 891. The van der Waals surface area contributed by atoms with E-state index in [4.69, 9.17) is 23.8 Å². The Labute approximate surface area is 182 Å². The van der Waals surface area contributed by atoms with E-state index in [0.717, 1.165) is 18.0 Å². The molecular formula is C21H23F3N2O6. The smallest absolute Gasteiger partial charge is 0.475 e. The standard InChI is InChI=1S/C19H22N2O4.C2HF3O2/c22-18-12-25-19(14-21(18)16-5-2-1-3-6-16)13-20(8-10-23-15-19)11-17-7-4-9-24-17;3-2(4,5)1(6)7/h1-7,9H,8,10-15H2;(H,6,7). The Balaban J connectivity index is 0.000000360. The zero-order valence-electron chi connectivity index (χ0n) is 17.1. The number of hydrogen-bond donors (Lipinski definition) is 1. The molecule has 1 aromatic carbocycles. The van der Waals surface area contributed by atoms with Gasteiger partial charge in [-0.05, 0) is 24.3 Å². The molecule has 11 heteroatoms. The zero-order chi connectivity index (χ0) is 23.2. The fourth-order valence-corrected chi connectivity index (χ4v) is 3.48. The van der Waals surface area contributed by atoms with E-state index in [9.17, 15) is 18.0 Å². The van der Waals surface area contributed by atoms with E-state index in [2.05, 4.69) is 4.90 Å². The molecule has 2 saturated heterocycles. The quantitative estimate of drug-likeness (QED) is 0.759. The average Bonchev–Trinajstić information content (AvgIpc) is 3.18. The summed E-state index contributed by atoms with van der Waals surface area (Å²) >= 11 is 0. The fraction of sp³-hybridized carbons (Fsp3) is 0.429. The Morgan fingerprint density at radius 2 is 1.84 bits per heavy atom. The van der Waals surface area contributed by atoms with Gasteiger partial charge in [-0.25, -0.2) is 4.79 Å². The van der Waals surface area contributed by atoms with Crippen LogP contribution in [0.3, 0.4) is 0 Å². The summed E-state index contributed by atoms with van der Waals surface area (Å²) in [5.74, 6) is -1.85. The fourth-order valence-electron chi connectivity index (χ4n) is 3.48. The van der Waals surface area contributed by atoms with E-state index in [-0.39, 0.29) is 12.5 Å². The summed E-state index contributed by atoms with van der Waals surface area (Å²) in [5.41, 5.74) is 0.379. The normalized spacial score (nSPS) is 22.2. The molecule has 8 nitrogen and oxygen atoms in total. The molecular weight excluding hydrogens is 433 g/mol. The first-order valence-corrected chi connectivity index (χ1v) is 9.80. The highest BCUT2D eigenvalue weighted by atomic mass is 19.4. The van der Waals surface area contributed by atoms with Crippen LogP contribution in [0.1, 0.15) is 5.76 Å². The number of rotatable bonds is 3. The molecule has 2 fully saturated rings. The monoisotopic (exact) mass is 456 g/mol. The summed E-state index contributed by atoms with van der Waals surface area (Å²) in [4.78, 5) is 25.3. The number of morpholine rings is 1. The number of ether oxygens (including phenoxy) is 2. The summed E-state index contributed by atoms with van der Waals surface area (Å²) in [6.07, 6.45) is -3.40. The Hall–Kier alpha value is -2.89. The van der Waals surface area contributed by atoms with E-state index in [1.165, 1.54) is 0 Å². The van der Waals surface area contributed by atoms with Gasteiger partial charge in [-0.3, -0.25) is 9.69 Å². The number of alkyl halides is 3. The molecule has 1 spiro atoms. The van der Waals surface area contributed by atoms with E-state index >= 15 is 0 Å². The number of furan rings is 1. The van der Waals surface area contributed by atoms with Gasteiger partial charge in [0.05, 0.1) is 32.6 Å². The summed E-state index contributed by atoms with van der Waals surface area (Å²) in [6.45, 7) is 3.91. The van der Waals surface area contributed by atoms with Gasteiger partial charge in [0.2, 0.25) is 0 Å². The van der Waals surface area contributed by atoms with Gasteiger partial charge < -0.3 is 23.9 Å². The second-order valence-electron chi connectivity index (χ2n) is 7.43. The summed E-state index contributed by atoms with van der Waals surface area (Å²) in [5, 5.41) is 7.12. The van der Waals surface area contributed by atoms with E-state index in [1.807, 2.05) is 47.4 Å². The lowest BCUT2D eigenvalue weighted by Gasteiger charge is -2.43. The average molecular weight is 456 g/mol. The minimum absolute atomic E-state index is 0.0151. The number of para-hydroxylation sites is 1. The lowest BCUT2D eigenvalue weighted by atomic mass is 10.0. The Morgan fingerprint density at radius 1 is 1.12 bits per heavy atom. The molecule has 3 heterocycles. The maximum Gasteiger partial charge on any atom is 0.490 e. The molecule has 1 unspecified atom stereocenters. The third-order valence-electron chi connectivity index (χ3n) is 4.95. The molecule has 0 aliphatic carbocycles. The van der Waals surface area contributed by atoms with E-state index in [0.29, 0.717) is 32.8 Å². The topological polar surface area (TPSA) is 92.4 Å². The second-order valence-corrected chi connectivity index (χ2v) is 7.43. The molecule has 1 N–H and O–H groups in total. The minimum atomic E-state index is -5.08. The highest BCUT2D eigenvalue weighted by Crippen LogP contribution is 2.27. The van der Waals surface area contributed by atoms with Gasteiger partial charge in [0.15, 0.2) is 0 Å². The van der Waals surface area contributed by atoms with Crippen LogP contribution >= 0.6 is 0 Å². The number of aliphatic carboxylic acids is 1. The van der Waals surface area contributed by atoms with Crippen molar-refractivity contribution in [3.05, 3.63) is 54.5 Å². The van der Waals surface area contributed by atoms with Crippen LogP contribution in [-0.4, -0.2) is 73.1 Å². The number of carboxylic acid groups (broad SMARTS) is 1. The number of amides is 1. The first kappa shape index (κ1) is 23.8. The maximum atomic E-state index is 12.4. The molecule has 32 heavy (non-hydrogen) atoms. The van der Waals surface area contributed by atoms with Crippen LogP contribution in [0.4, 0.5) is 18.9 Å². The molecule has 174 valence electrons. The maximum absolute atomic E-state index is 12.4. The number of carboxylic acids is 1. The van der Waals surface area contributed by atoms with Crippen molar-refractivity contribution in [1.29, 1.82) is 0 Å². The third kappa shape index (κ3) is 6.31. The van der Waals surface area contributed by atoms with Crippen LogP contribution in [-0.2, 0) is 25.6 Å². The Kier molecular flexibility index (Phi) is 7.54. The SMILES string of the molecule is O=C(O)C(F)(F)F.O=C1COC2(COCCN(Cc3ccco3)C2)CN1c1ccccc1. The van der Waals surface area contributed by atoms with Crippen molar-refractivity contribution >= 4 is 17.6 Å². The van der Waals surface area contributed by atoms with Crippen molar-refractivity contribution < 1.29 is 41.8 Å². The molecule has 1 amide bonds. The molecule has 2 aliphatic heterocycles. The first-order valence-electron chi connectivity index (χ1n) is 9.80. The van der Waals surface area contributed by atoms with Crippen LogP contribution in [0.15, 0.2) is 53.1 Å². The first-order chi connectivity index (χ1) is 15.2. The number of halogens is 3. The van der Waals surface area contributed by atoms with Crippen LogP contribution in [0.25, 0.3) is 0 Å². The van der Waals surface area contributed by atoms with Crippen LogP contribution < -0.4 is 4.90 Å². The van der Waals surface area contributed by atoms with Crippen molar-refractivity contribution in [2.45, 2.75) is 18.3 Å². The van der Waals surface area contributed by atoms with Crippen molar-refractivity contribution in [2.24, 2.45) is 0 Å². The molecule has 0 saturated carbocycles. The predicted molar refractivity (Wildman–Crippen MR) is 106 cm³/mol. The molecule has 1 atom stereocenters. The van der Waals surface area contributed by atoms with Gasteiger partial charge in [-0.15, -0.1) is 0 Å². The van der Waals surface area contributed by atoms with Crippen LogP contribution in [0.5, 0.6) is 0 Å². The molecule has 2 aliphatic rings. The number of benzene rings is 1. The summed E-state index contributed by atoms with van der Waals surface area (Å²) in [6, 6.07) is 13.6. The largest absolute Gasteiger partial charge is 0.490 e.